The van der Waals surface area contributed by atoms with Gasteiger partial charge in [-0.2, -0.15) is 5.10 Å². The lowest BCUT2D eigenvalue weighted by molar-refractivity contribution is 0.752. The van der Waals surface area contributed by atoms with Crippen LogP contribution < -0.4 is 5.01 Å². The summed E-state index contributed by atoms with van der Waals surface area (Å²) < 4.78 is 3.63. The second-order valence-corrected chi connectivity index (χ2v) is 2.52. The predicted molar refractivity (Wildman–Crippen MR) is 41.0 cm³/mol. The summed E-state index contributed by atoms with van der Waals surface area (Å²) in [6, 6.07) is 0. The summed E-state index contributed by atoms with van der Waals surface area (Å²) in [5, 5.41) is 6.01. The molecule has 5 nitrogen and oxygen atoms in total. The SMILES string of the molecule is CN(C)n1cnn2cncc12. The lowest BCUT2D eigenvalue weighted by Gasteiger charge is -2.11. The average Bonchev–Trinajstić information content (AvgIpc) is 2.41. The van der Waals surface area contributed by atoms with Gasteiger partial charge in [0.15, 0.2) is 5.65 Å². The topological polar surface area (TPSA) is 38.4 Å². The zero-order valence-electron chi connectivity index (χ0n) is 6.47. The van der Waals surface area contributed by atoms with Crippen molar-refractivity contribution >= 4 is 5.65 Å². The Hall–Kier alpha value is -1.52. The van der Waals surface area contributed by atoms with Crippen LogP contribution >= 0.6 is 0 Å². The van der Waals surface area contributed by atoms with Gasteiger partial charge in [-0.25, -0.2) is 14.2 Å². The third-order valence-corrected chi connectivity index (χ3v) is 1.55. The zero-order chi connectivity index (χ0) is 7.84. The molecule has 0 saturated carbocycles. The summed E-state index contributed by atoms with van der Waals surface area (Å²) in [5.41, 5.74) is 0.968. The third kappa shape index (κ3) is 0.772. The molecule has 0 saturated heterocycles. The highest BCUT2D eigenvalue weighted by Gasteiger charge is 2.01. The molecule has 0 unspecified atom stereocenters. The van der Waals surface area contributed by atoms with E-state index in [0.717, 1.165) is 5.65 Å². The normalized spacial score (nSPS) is 10.7. The van der Waals surface area contributed by atoms with Gasteiger partial charge in [-0.3, -0.25) is 0 Å². The molecular weight excluding hydrogens is 142 g/mol. The number of aromatic nitrogens is 4. The monoisotopic (exact) mass is 151 g/mol. The lowest BCUT2D eigenvalue weighted by atomic mass is 10.8. The molecule has 2 rings (SSSR count). The molecule has 0 aliphatic heterocycles. The van der Waals surface area contributed by atoms with Crippen LogP contribution in [0.25, 0.3) is 5.65 Å². The van der Waals surface area contributed by atoms with Gasteiger partial charge < -0.3 is 5.01 Å². The molecule has 2 aromatic heterocycles. The fraction of sp³-hybridized carbons (Fsp3) is 0.333. The molecule has 0 bridgehead atoms. The summed E-state index contributed by atoms with van der Waals surface area (Å²) in [6.45, 7) is 0. The van der Waals surface area contributed by atoms with Crippen molar-refractivity contribution < 1.29 is 0 Å². The second kappa shape index (κ2) is 1.98. The van der Waals surface area contributed by atoms with Gasteiger partial charge in [0.1, 0.15) is 12.7 Å². The number of fused-ring (bicyclic) bond motifs is 1. The Bertz CT molecular complexity index is 358. The Kier molecular flexibility index (Phi) is 1.12. The first kappa shape index (κ1) is 6.21. The Labute approximate surface area is 63.8 Å². The Morgan fingerprint density at radius 3 is 2.91 bits per heavy atom. The van der Waals surface area contributed by atoms with E-state index in [0.29, 0.717) is 0 Å². The van der Waals surface area contributed by atoms with E-state index in [2.05, 4.69) is 10.1 Å². The van der Waals surface area contributed by atoms with Crippen molar-refractivity contribution in [2.75, 3.05) is 19.1 Å². The number of imidazole rings is 1. The molecule has 58 valence electrons. The maximum absolute atomic E-state index is 4.08. The van der Waals surface area contributed by atoms with E-state index in [1.165, 1.54) is 0 Å². The number of rotatable bonds is 1. The van der Waals surface area contributed by atoms with E-state index in [1.54, 1.807) is 23.4 Å². The number of hydrogen-bond donors (Lipinski definition) is 0. The van der Waals surface area contributed by atoms with Gasteiger partial charge in [-0.15, -0.1) is 0 Å². The van der Waals surface area contributed by atoms with Crippen LogP contribution in [0.4, 0.5) is 0 Å². The molecule has 11 heavy (non-hydrogen) atoms. The van der Waals surface area contributed by atoms with E-state index in [9.17, 15) is 0 Å². The van der Waals surface area contributed by atoms with Crippen LogP contribution in [-0.2, 0) is 0 Å². The molecule has 0 amide bonds. The van der Waals surface area contributed by atoms with Crippen LogP contribution in [0.2, 0.25) is 0 Å². The van der Waals surface area contributed by atoms with E-state index in [1.807, 2.05) is 23.8 Å². The minimum atomic E-state index is 0.968. The van der Waals surface area contributed by atoms with Crippen molar-refractivity contribution in [2.45, 2.75) is 0 Å². The highest BCUT2D eigenvalue weighted by atomic mass is 15.6. The van der Waals surface area contributed by atoms with Crippen molar-refractivity contribution in [1.82, 2.24) is 19.3 Å². The zero-order valence-corrected chi connectivity index (χ0v) is 6.47. The van der Waals surface area contributed by atoms with Crippen LogP contribution in [0.15, 0.2) is 18.9 Å². The van der Waals surface area contributed by atoms with Crippen molar-refractivity contribution in [3.63, 3.8) is 0 Å². The summed E-state index contributed by atoms with van der Waals surface area (Å²) in [4.78, 5) is 3.96. The molecule has 0 aromatic carbocycles. The van der Waals surface area contributed by atoms with Crippen LogP contribution in [0.1, 0.15) is 0 Å². The Balaban J connectivity index is 2.68. The first-order valence-electron chi connectivity index (χ1n) is 3.32. The molecule has 0 spiro atoms. The van der Waals surface area contributed by atoms with Gasteiger partial charge in [-0.05, 0) is 0 Å². The van der Waals surface area contributed by atoms with Crippen LogP contribution in [0, 0.1) is 0 Å². The van der Waals surface area contributed by atoms with Gasteiger partial charge >= 0.3 is 0 Å². The smallest absolute Gasteiger partial charge is 0.174 e. The molecule has 2 aromatic rings. The summed E-state index contributed by atoms with van der Waals surface area (Å²) in [6.07, 6.45) is 5.19. The van der Waals surface area contributed by atoms with E-state index in [-0.39, 0.29) is 0 Å². The predicted octanol–water partition coefficient (Wildman–Crippen LogP) is -0.272. The van der Waals surface area contributed by atoms with E-state index < -0.39 is 0 Å². The molecule has 5 heteroatoms. The molecular formula is C6H9N5. The lowest BCUT2D eigenvalue weighted by Crippen LogP contribution is -2.23. The Morgan fingerprint density at radius 1 is 1.36 bits per heavy atom. The highest BCUT2D eigenvalue weighted by molar-refractivity contribution is 5.35. The van der Waals surface area contributed by atoms with Gasteiger partial charge in [0, 0.05) is 14.1 Å². The quantitative estimate of drug-likeness (QED) is 0.563. The highest BCUT2D eigenvalue weighted by Crippen LogP contribution is 1.99. The minimum Gasteiger partial charge on any atom is -0.316 e. The molecule has 0 aliphatic rings. The van der Waals surface area contributed by atoms with Crippen LogP contribution in [0.3, 0.4) is 0 Å². The van der Waals surface area contributed by atoms with Crippen molar-refractivity contribution in [3.8, 4) is 0 Å². The van der Waals surface area contributed by atoms with Crippen molar-refractivity contribution in [2.24, 2.45) is 0 Å². The third-order valence-electron chi connectivity index (χ3n) is 1.55. The maximum atomic E-state index is 4.08. The molecule has 2 heterocycles. The summed E-state index contributed by atoms with van der Waals surface area (Å²) in [5.74, 6) is 0. The molecule has 0 fully saturated rings. The first-order chi connectivity index (χ1) is 5.29. The molecule has 0 N–H and O–H groups in total. The van der Waals surface area contributed by atoms with Gasteiger partial charge in [0.2, 0.25) is 0 Å². The summed E-state index contributed by atoms with van der Waals surface area (Å²) in [7, 11) is 3.91. The fourth-order valence-corrected chi connectivity index (χ4v) is 1.01. The molecule has 0 aliphatic carbocycles. The second-order valence-electron chi connectivity index (χ2n) is 2.52. The first-order valence-corrected chi connectivity index (χ1v) is 3.32. The van der Waals surface area contributed by atoms with E-state index >= 15 is 0 Å². The van der Waals surface area contributed by atoms with E-state index in [4.69, 9.17) is 0 Å². The molecule has 0 radical (unpaired) electrons. The van der Waals surface area contributed by atoms with Crippen LogP contribution in [0.5, 0.6) is 0 Å². The average molecular weight is 151 g/mol. The largest absolute Gasteiger partial charge is 0.316 e. The van der Waals surface area contributed by atoms with Gasteiger partial charge in [-0.1, -0.05) is 0 Å². The summed E-state index contributed by atoms with van der Waals surface area (Å²) >= 11 is 0. The van der Waals surface area contributed by atoms with Gasteiger partial charge in [0.05, 0.1) is 6.20 Å². The van der Waals surface area contributed by atoms with Crippen molar-refractivity contribution in [1.29, 1.82) is 0 Å². The maximum Gasteiger partial charge on any atom is 0.174 e. The van der Waals surface area contributed by atoms with Crippen LogP contribution in [-0.4, -0.2) is 33.4 Å². The van der Waals surface area contributed by atoms with Gasteiger partial charge in [0.25, 0.3) is 0 Å². The number of nitrogens with zero attached hydrogens (tertiary/aromatic N) is 5. The number of hydrogen-bond acceptors (Lipinski definition) is 3. The minimum absolute atomic E-state index is 0.968. The Morgan fingerprint density at radius 2 is 2.18 bits per heavy atom. The standard InChI is InChI=1S/C6H9N5/c1-9(2)11-5-8-10-4-7-3-6(10)11/h3-5H,1-2H3. The van der Waals surface area contributed by atoms with Crippen molar-refractivity contribution in [3.05, 3.63) is 18.9 Å². The molecule has 0 atom stereocenters. The fourth-order valence-electron chi connectivity index (χ4n) is 1.01.